The molecule has 3 heterocycles. The highest BCUT2D eigenvalue weighted by atomic mass is 35.5. The Kier molecular flexibility index (Phi) is 6.65. The van der Waals surface area contributed by atoms with Crippen LogP contribution in [0.5, 0.6) is 0 Å². The van der Waals surface area contributed by atoms with Crippen molar-refractivity contribution in [2.24, 2.45) is 5.92 Å². The molecule has 6 nitrogen and oxygen atoms in total. The molecule has 2 amide bonds. The zero-order valence-corrected chi connectivity index (χ0v) is 17.7. The van der Waals surface area contributed by atoms with E-state index in [4.69, 9.17) is 11.6 Å². The molecule has 2 atom stereocenters. The van der Waals surface area contributed by atoms with Gasteiger partial charge in [0.05, 0.1) is 5.56 Å². The van der Waals surface area contributed by atoms with E-state index in [1.807, 2.05) is 0 Å². The van der Waals surface area contributed by atoms with Crippen LogP contribution in [0.25, 0.3) is 0 Å². The van der Waals surface area contributed by atoms with E-state index in [1.165, 1.54) is 51.4 Å². The van der Waals surface area contributed by atoms with E-state index in [1.54, 1.807) is 36.4 Å². The van der Waals surface area contributed by atoms with Gasteiger partial charge in [0, 0.05) is 30.0 Å². The average Bonchev–Trinajstić information content (AvgIpc) is 2.78. The average molecular weight is 427 g/mol. The Labute approximate surface area is 182 Å². The minimum atomic E-state index is -0.334. The summed E-state index contributed by atoms with van der Waals surface area (Å²) in [6.45, 7) is 3.12. The molecule has 158 valence electrons. The summed E-state index contributed by atoms with van der Waals surface area (Å²) in [4.78, 5) is 31.5. The van der Waals surface area contributed by atoms with Gasteiger partial charge in [-0.25, -0.2) is 4.98 Å². The Morgan fingerprint density at radius 1 is 1.03 bits per heavy atom. The maximum Gasteiger partial charge on any atom is 0.258 e. The van der Waals surface area contributed by atoms with Crippen LogP contribution in [0.2, 0.25) is 5.15 Å². The fourth-order valence-corrected chi connectivity index (χ4v) is 4.81. The lowest BCUT2D eigenvalue weighted by atomic mass is 9.83. The maximum absolute atomic E-state index is 12.6. The SMILES string of the molecule is O=C(NC[C@H]1CCCN2CCCC[C@H]12)c1ccc(NC(=O)c2cccnc2Cl)cc1. The zero-order chi connectivity index (χ0) is 20.9. The zero-order valence-electron chi connectivity index (χ0n) is 16.9. The summed E-state index contributed by atoms with van der Waals surface area (Å²) < 4.78 is 0. The number of aromatic nitrogens is 1. The monoisotopic (exact) mass is 426 g/mol. The summed E-state index contributed by atoms with van der Waals surface area (Å²) in [6, 6.07) is 10.8. The van der Waals surface area contributed by atoms with Gasteiger partial charge in [0.15, 0.2) is 0 Å². The molecule has 2 fully saturated rings. The van der Waals surface area contributed by atoms with Gasteiger partial charge < -0.3 is 15.5 Å². The van der Waals surface area contributed by atoms with Crippen molar-refractivity contribution in [1.82, 2.24) is 15.2 Å². The highest BCUT2D eigenvalue weighted by Gasteiger charge is 2.32. The number of nitrogens with zero attached hydrogens (tertiary/aromatic N) is 2. The number of piperidine rings is 2. The second-order valence-electron chi connectivity index (χ2n) is 8.08. The van der Waals surface area contributed by atoms with Gasteiger partial charge in [0.2, 0.25) is 0 Å². The Hall–Kier alpha value is -2.44. The van der Waals surface area contributed by atoms with Gasteiger partial charge in [-0.05, 0) is 81.1 Å². The van der Waals surface area contributed by atoms with Crippen molar-refractivity contribution in [3.05, 3.63) is 58.9 Å². The number of anilines is 1. The van der Waals surface area contributed by atoms with E-state index < -0.39 is 0 Å². The molecule has 0 saturated carbocycles. The number of carbonyl (C=O) groups excluding carboxylic acids is 2. The Balaban J connectivity index is 1.32. The van der Waals surface area contributed by atoms with Gasteiger partial charge in [-0.15, -0.1) is 0 Å². The van der Waals surface area contributed by atoms with Crippen LogP contribution >= 0.6 is 11.6 Å². The molecular weight excluding hydrogens is 400 g/mol. The standard InChI is InChI=1S/C23H27ClN4O2/c24-21-19(6-3-12-25-21)23(30)27-18-10-8-16(9-11-18)22(29)26-15-17-5-4-14-28-13-2-1-7-20(17)28/h3,6,8-12,17,20H,1-2,4-5,7,13-15H2,(H,26,29)(H,27,30)/t17-,20-/m1/s1. The Morgan fingerprint density at radius 3 is 2.63 bits per heavy atom. The Morgan fingerprint density at radius 2 is 1.83 bits per heavy atom. The molecule has 0 aliphatic carbocycles. The normalized spacial score (nSPS) is 21.5. The third-order valence-corrected chi connectivity index (χ3v) is 6.46. The lowest BCUT2D eigenvalue weighted by Crippen LogP contribution is -2.51. The van der Waals surface area contributed by atoms with Crippen LogP contribution in [-0.4, -0.2) is 47.4 Å². The quantitative estimate of drug-likeness (QED) is 0.709. The predicted octanol–water partition coefficient (Wildman–Crippen LogP) is 3.98. The van der Waals surface area contributed by atoms with Gasteiger partial charge in [-0.1, -0.05) is 18.0 Å². The number of hydrogen-bond donors (Lipinski definition) is 2. The first-order valence-electron chi connectivity index (χ1n) is 10.7. The molecule has 1 aromatic carbocycles. The van der Waals surface area contributed by atoms with Crippen molar-refractivity contribution in [3.63, 3.8) is 0 Å². The second kappa shape index (κ2) is 9.58. The third kappa shape index (κ3) is 4.82. The number of rotatable bonds is 5. The van der Waals surface area contributed by atoms with E-state index >= 15 is 0 Å². The summed E-state index contributed by atoms with van der Waals surface area (Å²) in [7, 11) is 0. The van der Waals surface area contributed by atoms with Crippen LogP contribution in [0.4, 0.5) is 5.69 Å². The number of nitrogens with one attached hydrogen (secondary N) is 2. The summed E-state index contributed by atoms with van der Waals surface area (Å²) in [6.07, 6.45) is 7.77. The molecule has 0 spiro atoms. The van der Waals surface area contributed by atoms with E-state index in [2.05, 4.69) is 20.5 Å². The van der Waals surface area contributed by atoms with Crippen LogP contribution in [0.1, 0.15) is 52.8 Å². The predicted molar refractivity (Wildman–Crippen MR) is 118 cm³/mol. The molecule has 2 aromatic rings. The lowest BCUT2D eigenvalue weighted by molar-refractivity contribution is 0.0575. The van der Waals surface area contributed by atoms with Gasteiger partial charge in [0.1, 0.15) is 5.15 Å². The summed E-state index contributed by atoms with van der Waals surface area (Å²) in [5.74, 6) is 0.126. The summed E-state index contributed by atoms with van der Waals surface area (Å²) >= 11 is 5.97. The number of benzene rings is 1. The first-order valence-corrected chi connectivity index (χ1v) is 11.0. The topological polar surface area (TPSA) is 74.3 Å². The third-order valence-electron chi connectivity index (χ3n) is 6.16. The molecule has 2 aliphatic rings. The Bertz CT molecular complexity index is 900. The van der Waals surface area contributed by atoms with Crippen molar-refractivity contribution >= 4 is 29.1 Å². The molecule has 30 heavy (non-hydrogen) atoms. The summed E-state index contributed by atoms with van der Waals surface area (Å²) in [5.41, 5.74) is 1.50. The van der Waals surface area contributed by atoms with Crippen molar-refractivity contribution in [2.75, 3.05) is 25.0 Å². The molecule has 4 rings (SSSR count). The van der Waals surface area contributed by atoms with Crippen LogP contribution in [0, 0.1) is 5.92 Å². The highest BCUT2D eigenvalue weighted by Crippen LogP contribution is 2.30. The first-order chi connectivity index (χ1) is 14.6. The molecule has 2 N–H and O–H groups in total. The van der Waals surface area contributed by atoms with E-state index in [0.717, 1.165) is 6.54 Å². The molecule has 0 bridgehead atoms. The van der Waals surface area contributed by atoms with Gasteiger partial charge in [0.25, 0.3) is 11.8 Å². The molecule has 0 radical (unpaired) electrons. The van der Waals surface area contributed by atoms with Gasteiger partial charge in [-0.2, -0.15) is 0 Å². The molecular formula is C23H27ClN4O2. The van der Waals surface area contributed by atoms with Crippen LogP contribution in [0.3, 0.4) is 0 Å². The minimum Gasteiger partial charge on any atom is -0.352 e. The fourth-order valence-electron chi connectivity index (χ4n) is 4.60. The molecule has 7 heteroatoms. The number of carbonyl (C=O) groups is 2. The fraction of sp³-hybridized carbons (Fsp3) is 0.435. The van der Waals surface area contributed by atoms with E-state index in [-0.39, 0.29) is 17.0 Å². The van der Waals surface area contributed by atoms with Gasteiger partial charge >= 0.3 is 0 Å². The van der Waals surface area contributed by atoms with Crippen LogP contribution < -0.4 is 10.6 Å². The molecule has 2 saturated heterocycles. The van der Waals surface area contributed by atoms with E-state index in [9.17, 15) is 9.59 Å². The largest absolute Gasteiger partial charge is 0.352 e. The maximum atomic E-state index is 12.6. The van der Waals surface area contributed by atoms with Crippen LogP contribution in [0.15, 0.2) is 42.6 Å². The molecule has 1 aromatic heterocycles. The van der Waals surface area contributed by atoms with Crippen molar-refractivity contribution in [3.8, 4) is 0 Å². The summed E-state index contributed by atoms with van der Waals surface area (Å²) in [5, 5.41) is 6.05. The lowest BCUT2D eigenvalue weighted by Gasteiger charge is -2.44. The molecule has 2 aliphatic heterocycles. The van der Waals surface area contributed by atoms with Crippen molar-refractivity contribution in [2.45, 2.75) is 38.1 Å². The number of amides is 2. The number of hydrogen-bond acceptors (Lipinski definition) is 4. The number of fused-ring (bicyclic) bond motifs is 1. The van der Waals surface area contributed by atoms with Crippen molar-refractivity contribution in [1.29, 1.82) is 0 Å². The van der Waals surface area contributed by atoms with Crippen molar-refractivity contribution < 1.29 is 9.59 Å². The van der Waals surface area contributed by atoms with Gasteiger partial charge in [-0.3, -0.25) is 9.59 Å². The highest BCUT2D eigenvalue weighted by molar-refractivity contribution is 6.33. The number of halogens is 1. The van der Waals surface area contributed by atoms with Crippen LogP contribution in [-0.2, 0) is 0 Å². The molecule has 0 unspecified atom stereocenters. The second-order valence-corrected chi connectivity index (χ2v) is 8.44. The van der Waals surface area contributed by atoms with E-state index in [0.29, 0.717) is 28.8 Å². The minimum absolute atomic E-state index is 0.0730. The smallest absolute Gasteiger partial charge is 0.258 e. The number of pyridine rings is 1. The first kappa shape index (κ1) is 20.8.